The largest absolute Gasteiger partial charge is 0.372 e. The number of anilines is 4. The van der Waals surface area contributed by atoms with Gasteiger partial charge in [-0.1, -0.05) is 13.3 Å². The lowest BCUT2D eigenvalue weighted by Gasteiger charge is -2.22. The lowest BCUT2D eigenvalue weighted by Crippen LogP contribution is -2.21. The van der Waals surface area contributed by atoms with Gasteiger partial charge in [0, 0.05) is 42.8 Å². The molecule has 2 rings (SSSR count). The molecule has 25 heavy (non-hydrogen) atoms. The first-order chi connectivity index (χ1) is 12.1. The highest BCUT2D eigenvalue weighted by Crippen LogP contribution is 2.25. The van der Waals surface area contributed by atoms with Crippen molar-refractivity contribution in [2.24, 2.45) is 0 Å². The summed E-state index contributed by atoms with van der Waals surface area (Å²) in [6.07, 6.45) is 2.27. The minimum atomic E-state index is 0.688. The number of rotatable bonds is 9. The summed E-state index contributed by atoms with van der Waals surface area (Å²) in [5, 5.41) is 6.73. The van der Waals surface area contributed by atoms with Crippen LogP contribution < -0.4 is 15.5 Å². The molecule has 1 aromatic carbocycles. The molecule has 1 aromatic heterocycles. The lowest BCUT2D eigenvalue weighted by molar-refractivity contribution is 0.825. The Labute approximate surface area is 151 Å². The molecule has 0 saturated heterocycles. The number of nitrogens with one attached hydrogen (secondary N) is 2. The summed E-state index contributed by atoms with van der Waals surface area (Å²) in [5.74, 6) is 1.51. The minimum Gasteiger partial charge on any atom is -0.372 e. The van der Waals surface area contributed by atoms with Crippen LogP contribution in [0, 0.1) is 13.8 Å². The van der Waals surface area contributed by atoms with Gasteiger partial charge in [0.15, 0.2) is 0 Å². The molecule has 0 atom stereocenters. The molecule has 1 heterocycles. The van der Waals surface area contributed by atoms with E-state index in [1.54, 1.807) is 0 Å². The van der Waals surface area contributed by atoms with Crippen LogP contribution >= 0.6 is 0 Å². The van der Waals surface area contributed by atoms with Crippen LogP contribution in [0.2, 0.25) is 0 Å². The Bertz CT molecular complexity index is 680. The molecule has 0 radical (unpaired) electrons. The Morgan fingerprint density at radius 1 is 1.00 bits per heavy atom. The topological polar surface area (TPSA) is 53.1 Å². The van der Waals surface area contributed by atoms with Crippen molar-refractivity contribution in [2.75, 3.05) is 35.2 Å². The van der Waals surface area contributed by atoms with E-state index in [1.807, 2.05) is 13.0 Å². The van der Waals surface area contributed by atoms with Crippen LogP contribution in [-0.2, 0) is 0 Å². The lowest BCUT2D eigenvalue weighted by atomic mass is 10.1. The quantitative estimate of drug-likeness (QED) is 0.636. The SMILES string of the molecule is CCCCNc1nc(C)cc(Nc2ccc(N(CC)CC)cc2C)n1. The second-order valence-corrected chi connectivity index (χ2v) is 6.30. The number of aryl methyl sites for hydroxylation is 2. The highest BCUT2D eigenvalue weighted by molar-refractivity contribution is 5.65. The van der Waals surface area contributed by atoms with Crippen LogP contribution in [0.5, 0.6) is 0 Å². The van der Waals surface area contributed by atoms with Gasteiger partial charge in [0.05, 0.1) is 0 Å². The first-order valence-corrected chi connectivity index (χ1v) is 9.29. The van der Waals surface area contributed by atoms with Crippen LogP contribution in [0.15, 0.2) is 24.3 Å². The number of nitrogens with zero attached hydrogens (tertiary/aromatic N) is 3. The zero-order valence-electron chi connectivity index (χ0n) is 16.2. The van der Waals surface area contributed by atoms with E-state index in [-0.39, 0.29) is 0 Å². The average Bonchev–Trinajstić information content (AvgIpc) is 2.58. The molecule has 0 fully saturated rings. The summed E-state index contributed by atoms with van der Waals surface area (Å²) in [6.45, 7) is 13.6. The summed E-state index contributed by atoms with van der Waals surface area (Å²) in [4.78, 5) is 11.4. The molecule has 0 spiro atoms. The highest BCUT2D eigenvalue weighted by Gasteiger charge is 2.07. The van der Waals surface area contributed by atoms with E-state index in [0.29, 0.717) is 5.95 Å². The van der Waals surface area contributed by atoms with Gasteiger partial charge in [-0.05, 0) is 57.9 Å². The first-order valence-electron chi connectivity index (χ1n) is 9.29. The molecular weight excluding hydrogens is 310 g/mol. The molecule has 2 N–H and O–H groups in total. The van der Waals surface area contributed by atoms with Gasteiger partial charge in [-0.3, -0.25) is 0 Å². The van der Waals surface area contributed by atoms with Gasteiger partial charge in [0.2, 0.25) is 5.95 Å². The normalized spacial score (nSPS) is 10.6. The van der Waals surface area contributed by atoms with Gasteiger partial charge in [-0.2, -0.15) is 4.98 Å². The molecule has 0 bridgehead atoms. The van der Waals surface area contributed by atoms with Crippen LogP contribution in [0.25, 0.3) is 0 Å². The van der Waals surface area contributed by atoms with Crippen LogP contribution in [-0.4, -0.2) is 29.6 Å². The molecular formula is C20H31N5. The van der Waals surface area contributed by atoms with Crippen molar-refractivity contribution < 1.29 is 0 Å². The van der Waals surface area contributed by atoms with E-state index in [4.69, 9.17) is 0 Å². The number of unbranched alkanes of at least 4 members (excludes halogenated alkanes) is 1. The fraction of sp³-hybridized carbons (Fsp3) is 0.500. The van der Waals surface area contributed by atoms with Crippen molar-refractivity contribution in [1.29, 1.82) is 0 Å². The molecule has 0 unspecified atom stereocenters. The summed E-state index contributed by atoms with van der Waals surface area (Å²) in [7, 11) is 0. The van der Waals surface area contributed by atoms with Crippen LogP contribution in [0.1, 0.15) is 44.9 Å². The van der Waals surface area contributed by atoms with Crippen molar-refractivity contribution in [2.45, 2.75) is 47.5 Å². The second kappa shape index (κ2) is 9.25. The van der Waals surface area contributed by atoms with E-state index >= 15 is 0 Å². The second-order valence-electron chi connectivity index (χ2n) is 6.30. The van der Waals surface area contributed by atoms with Crippen LogP contribution in [0.3, 0.4) is 0 Å². The number of aromatic nitrogens is 2. The fourth-order valence-electron chi connectivity index (χ4n) is 2.80. The predicted octanol–water partition coefficient (Wildman–Crippen LogP) is 4.90. The van der Waals surface area contributed by atoms with Gasteiger partial charge >= 0.3 is 0 Å². The Morgan fingerprint density at radius 2 is 1.76 bits per heavy atom. The minimum absolute atomic E-state index is 0.688. The third-order valence-corrected chi connectivity index (χ3v) is 4.27. The number of hydrogen-bond donors (Lipinski definition) is 2. The monoisotopic (exact) mass is 341 g/mol. The zero-order chi connectivity index (χ0) is 18.2. The van der Waals surface area contributed by atoms with Gasteiger partial charge in [-0.15, -0.1) is 0 Å². The Hall–Kier alpha value is -2.30. The molecule has 0 aliphatic rings. The maximum absolute atomic E-state index is 4.59. The molecule has 0 amide bonds. The number of benzene rings is 1. The third-order valence-electron chi connectivity index (χ3n) is 4.27. The Kier molecular flexibility index (Phi) is 7.04. The van der Waals surface area contributed by atoms with Crippen molar-refractivity contribution in [1.82, 2.24) is 9.97 Å². The van der Waals surface area contributed by atoms with Gasteiger partial charge in [0.1, 0.15) is 5.82 Å². The van der Waals surface area contributed by atoms with Gasteiger partial charge in [-0.25, -0.2) is 4.98 Å². The number of hydrogen-bond acceptors (Lipinski definition) is 5. The van der Waals surface area contributed by atoms with Crippen molar-refractivity contribution in [3.8, 4) is 0 Å². The van der Waals surface area contributed by atoms with E-state index in [1.165, 1.54) is 11.3 Å². The predicted molar refractivity (Wildman–Crippen MR) is 108 cm³/mol. The fourth-order valence-corrected chi connectivity index (χ4v) is 2.80. The summed E-state index contributed by atoms with van der Waals surface area (Å²) in [6, 6.07) is 8.49. The molecule has 5 heteroatoms. The smallest absolute Gasteiger partial charge is 0.224 e. The third kappa shape index (κ3) is 5.34. The highest BCUT2D eigenvalue weighted by atomic mass is 15.1. The molecule has 0 aliphatic heterocycles. The van der Waals surface area contributed by atoms with Crippen molar-refractivity contribution in [3.63, 3.8) is 0 Å². The van der Waals surface area contributed by atoms with Crippen LogP contribution in [0.4, 0.5) is 23.1 Å². The molecule has 0 saturated carbocycles. The van der Waals surface area contributed by atoms with Gasteiger partial charge < -0.3 is 15.5 Å². The first kappa shape index (κ1) is 19.0. The molecule has 136 valence electrons. The van der Waals surface area contributed by atoms with E-state index in [2.05, 4.69) is 71.4 Å². The van der Waals surface area contributed by atoms with E-state index < -0.39 is 0 Å². The van der Waals surface area contributed by atoms with E-state index in [9.17, 15) is 0 Å². The van der Waals surface area contributed by atoms with Gasteiger partial charge in [0.25, 0.3) is 0 Å². The summed E-state index contributed by atoms with van der Waals surface area (Å²) >= 11 is 0. The zero-order valence-corrected chi connectivity index (χ0v) is 16.2. The Balaban J connectivity index is 2.16. The maximum Gasteiger partial charge on any atom is 0.224 e. The van der Waals surface area contributed by atoms with Crippen molar-refractivity contribution in [3.05, 3.63) is 35.5 Å². The van der Waals surface area contributed by atoms with E-state index in [0.717, 1.165) is 49.7 Å². The molecule has 0 aliphatic carbocycles. The average molecular weight is 342 g/mol. The molecule has 2 aromatic rings. The Morgan fingerprint density at radius 3 is 2.40 bits per heavy atom. The standard InChI is InChI=1S/C20H31N5/c1-6-9-12-21-20-22-16(5)14-19(24-20)23-18-11-10-17(13-15(18)4)25(7-2)8-3/h10-11,13-14H,6-9,12H2,1-5H3,(H2,21,22,23,24). The van der Waals surface area contributed by atoms with Crippen molar-refractivity contribution >= 4 is 23.1 Å². The maximum atomic E-state index is 4.59. The summed E-state index contributed by atoms with van der Waals surface area (Å²) < 4.78 is 0. The molecule has 5 nitrogen and oxygen atoms in total. The summed E-state index contributed by atoms with van der Waals surface area (Å²) in [5.41, 5.74) is 4.50.